The molecule has 0 aliphatic rings. The van der Waals surface area contributed by atoms with Crippen LogP contribution in [0, 0.1) is 0 Å². The van der Waals surface area contributed by atoms with Gasteiger partial charge in [0, 0.05) is 29.4 Å². The van der Waals surface area contributed by atoms with E-state index in [4.69, 9.17) is 11.6 Å². The molecule has 0 saturated heterocycles. The number of nitrogens with zero attached hydrogens (tertiary/aromatic N) is 2. The summed E-state index contributed by atoms with van der Waals surface area (Å²) >= 11 is 5.89. The van der Waals surface area contributed by atoms with E-state index in [2.05, 4.69) is 29.1 Å². The van der Waals surface area contributed by atoms with Crippen LogP contribution in [0.4, 0.5) is 5.82 Å². The van der Waals surface area contributed by atoms with Crippen molar-refractivity contribution in [2.45, 2.75) is 19.8 Å². The first-order valence-electron chi connectivity index (χ1n) is 5.93. The van der Waals surface area contributed by atoms with Crippen LogP contribution < -0.4 is 5.32 Å². The van der Waals surface area contributed by atoms with Crippen LogP contribution in [0.5, 0.6) is 0 Å². The van der Waals surface area contributed by atoms with Gasteiger partial charge in [-0.1, -0.05) is 25.4 Å². The van der Waals surface area contributed by atoms with Crippen molar-refractivity contribution in [3.63, 3.8) is 0 Å². The van der Waals surface area contributed by atoms with Crippen molar-refractivity contribution in [3.05, 3.63) is 41.0 Å². The second-order valence-electron chi connectivity index (χ2n) is 4.41. The van der Waals surface area contributed by atoms with Crippen molar-refractivity contribution >= 4 is 17.4 Å². The lowest BCUT2D eigenvalue weighted by Gasteiger charge is -2.10. The van der Waals surface area contributed by atoms with Gasteiger partial charge in [-0.05, 0) is 30.2 Å². The highest BCUT2D eigenvalue weighted by atomic mass is 35.5. The molecule has 0 bridgehead atoms. The lowest BCUT2D eigenvalue weighted by molar-refractivity contribution is 0.817. The predicted molar refractivity (Wildman–Crippen MR) is 76.1 cm³/mol. The second kappa shape index (κ2) is 5.36. The Hall–Kier alpha value is -1.61. The van der Waals surface area contributed by atoms with Gasteiger partial charge in [0.05, 0.1) is 0 Å². The molecule has 0 atom stereocenters. The summed E-state index contributed by atoms with van der Waals surface area (Å²) < 4.78 is 0. The number of halogens is 1. The average molecular weight is 262 g/mol. The molecule has 18 heavy (non-hydrogen) atoms. The first-order valence-corrected chi connectivity index (χ1v) is 6.30. The van der Waals surface area contributed by atoms with Gasteiger partial charge < -0.3 is 5.32 Å². The molecule has 0 fully saturated rings. The summed E-state index contributed by atoms with van der Waals surface area (Å²) in [7, 11) is 1.86. The number of hydrogen-bond donors (Lipinski definition) is 1. The maximum absolute atomic E-state index is 5.89. The molecular weight excluding hydrogens is 246 g/mol. The topological polar surface area (TPSA) is 37.8 Å². The fraction of sp³-hybridized carbons (Fsp3) is 0.286. The van der Waals surface area contributed by atoms with Gasteiger partial charge in [0.1, 0.15) is 5.82 Å². The molecule has 2 aromatic rings. The molecule has 4 heteroatoms. The van der Waals surface area contributed by atoms with Crippen molar-refractivity contribution in [2.75, 3.05) is 12.4 Å². The van der Waals surface area contributed by atoms with Gasteiger partial charge >= 0.3 is 0 Å². The highest BCUT2D eigenvalue weighted by Crippen LogP contribution is 2.22. The number of aromatic nitrogens is 2. The summed E-state index contributed by atoms with van der Waals surface area (Å²) in [5, 5.41) is 3.78. The molecule has 0 aliphatic carbocycles. The maximum Gasteiger partial charge on any atom is 0.161 e. The normalized spacial score (nSPS) is 10.7. The molecule has 2 rings (SSSR count). The highest BCUT2D eigenvalue weighted by molar-refractivity contribution is 6.30. The van der Waals surface area contributed by atoms with E-state index in [0.717, 1.165) is 22.9 Å². The molecule has 0 saturated carbocycles. The van der Waals surface area contributed by atoms with Crippen LogP contribution in [0.15, 0.2) is 30.3 Å². The van der Waals surface area contributed by atoms with Gasteiger partial charge in [-0.3, -0.25) is 0 Å². The van der Waals surface area contributed by atoms with E-state index in [1.54, 1.807) is 0 Å². The number of rotatable bonds is 3. The smallest absolute Gasteiger partial charge is 0.161 e. The Labute approximate surface area is 112 Å². The van der Waals surface area contributed by atoms with Crippen molar-refractivity contribution in [1.82, 2.24) is 9.97 Å². The first-order chi connectivity index (χ1) is 8.60. The maximum atomic E-state index is 5.89. The predicted octanol–water partition coefficient (Wildman–Crippen LogP) is 3.96. The minimum atomic E-state index is 0.367. The summed E-state index contributed by atoms with van der Waals surface area (Å²) in [6, 6.07) is 9.54. The molecule has 0 aliphatic heterocycles. The van der Waals surface area contributed by atoms with Crippen LogP contribution in [0.2, 0.25) is 5.02 Å². The van der Waals surface area contributed by atoms with Crippen LogP contribution >= 0.6 is 11.6 Å². The molecule has 1 N–H and O–H groups in total. The summed E-state index contributed by atoms with van der Waals surface area (Å²) in [5.74, 6) is 1.92. The van der Waals surface area contributed by atoms with Crippen LogP contribution in [0.25, 0.3) is 11.4 Å². The number of nitrogens with one attached hydrogen (secondary N) is 1. The van der Waals surface area contributed by atoms with Crippen molar-refractivity contribution in [2.24, 2.45) is 0 Å². The van der Waals surface area contributed by atoms with Gasteiger partial charge in [-0.2, -0.15) is 0 Å². The summed E-state index contributed by atoms with van der Waals surface area (Å²) in [4.78, 5) is 9.06. The van der Waals surface area contributed by atoms with E-state index < -0.39 is 0 Å². The number of anilines is 1. The van der Waals surface area contributed by atoms with E-state index in [1.807, 2.05) is 37.4 Å². The third-order valence-electron chi connectivity index (χ3n) is 2.70. The summed E-state index contributed by atoms with van der Waals surface area (Å²) in [6.07, 6.45) is 0. The summed E-state index contributed by atoms with van der Waals surface area (Å²) in [5.41, 5.74) is 2.00. The van der Waals surface area contributed by atoms with Gasteiger partial charge in [0.25, 0.3) is 0 Å². The zero-order valence-corrected chi connectivity index (χ0v) is 11.5. The van der Waals surface area contributed by atoms with Gasteiger partial charge in [0.2, 0.25) is 0 Å². The van der Waals surface area contributed by atoms with Crippen LogP contribution in [-0.4, -0.2) is 17.0 Å². The molecule has 1 aromatic heterocycles. The van der Waals surface area contributed by atoms with E-state index in [9.17, 15) is 0 Å². The zero-order chi connectivity index (χ0) is 13.1. The molecule has 0 spiro atoms. The lowest BCUT2D eigenvalue weighted by atomic mass is 10.1. The first kappa shape index (κ1) is 12.8. The Balaban J connectivity index is 2.49. The van der Waals surface area contributed by atoms with Crippen LogP contribution in [0.1, 0.15) is 25.5 Å². The third-order valence-corrected chi connectivity index (χ3v) is 2.95. The molecule has 3 nitrogen and oxygen atoms in total. The molecule has 94 valence electrons. The van der Waals surface area contributed by atoms with E-state index in [1.165, 1.54) is 0 Å². The minimum Gasteiger partial charge on any atom is -0.373 e. The third kappa shape index (κ3) is 2.79. The van der Waals surface area contributed by atoms with Crippen molar-refractivity contribution < 1.29 is 0 Å². The largest absolute Gasteiger partial charge is 0.373 e. The molecule has 1 heterocycles. The molecule has 0 unspecified atom stereocenters. The fourth-order valence-corrected chi connectivity index (χ4v) is 1.74. The quantitative estimate of drug-likeness (QED) is 0.909. The highest BCUT2D eigenvalue weighted by Gasteiger charge is 2.08. The molecule has 0 radical (unpaired) electrons. The zero-order valence-electron chi connectivity index (χ0n) is 10.7. The Morgan fingerprint density at radius 2 is 1.78 bits per heavy atom. The minimum absolute atomic E-state index is 0.367. The van der Waals surface area contributed by atoms with Crippen LogP contribution in [-0.2, 0) is 0 Å². The van der Waals surface area contributed by atoms with E-state index in [-0.39, 0.29) is 0 Å². The van der Waals surface area contributed by atoms with E-state index >= 15 is 0 Å². The Kier molecular flexibility index (Phi) is 3.82. The Bertz CT molecular complexity index is 535. The standard InChI is InChI=1S/C14H16ClN3/c1-9(2)12-8-13(16-3)18-14(17-12)10-4-6-11(15)7-5-10/h4-9H,1-3H3,(H,16,17,18). The van der Waals surface area contributed by atoms with Gasteiger partial charge in [-0.25, -0.2) is 9.97 Å². The Morgan fingerprint density at radius 1 is 1.11 bits per heavy atom. The SMILES string of the molecule is CNc1cc(C(C)C)nc(-c2ccc(Cl)cc2)n1. The van der Waals surface area contributed by atoms with E-state index in [0.29, 0.717) is 10.9 Å². The van der Waals surface area contributed by atoms with Crippen molar-refractivity contribution in [1.29, 1.82) is 0 Å². The second-order valence-corrected chi connectivity index (χ2v) is 4.85. The number of benzene rings is 1. The van der Waals surface area contributed by atoms with Gasteiger partial charge in [0.15, 0.2) is 5.82 Å². The van der Waals surface area contributed by atoms with Crippen LogP contribution in [0.3, 0.4) is 0 Å². The fourth-order valence-electron chi connectivity index (χ4n) is 1.62. The van der Waals surface area contributed by atoms with Crippen molar-refractivity contribution in [3.8, 4) is 11.4 Å². The lowest BCUT2D eigenvalue weighted by Crippen LogP contribution is -2.02. The monoisotopic (exact) mass is 261 g/mol. The van der Waals surface area contributed by atoms with Gasteiger partial charge in [-0.15, -0.1) is 0 Å². The average Bonchev–Trinajstić information content (AvgIpc) is 2.39. The molecular formula is C14H16ClN3. The molecule has 0 amide bonds. The number of hydrogen-bond acceptors (Lipinski definition) is 3. The molecule has 1 aromatic carbocycles. The Morgan fingerprint density at radius 3 is 2.33 bits per heavy atom. The summed E-state index contributed by atoms with van der Waals surface area (Å²) in [6.45, 7) is 4.24.